The Hall–Kier alpha value is -2.38. The van der Waals surface area contributed by atoms with Gasteiger partial charge in [-0.2, -0.15) is 5.26 Å². The van der Waals surface area contributed by atoms with Crippen molar-refractivity contribution in [2.45, 2.75) is 6.42 Å². The van der Waals surface area contributed by atoms with Gasteiger partial charge in [-0.1, -0.05) is 12.1 Å². The number of pyridine rings is 1. The first-order valence-corrected chi connectivity index (χ1v) is 6.76. The van der Waals surface area contributed by atoms with Crippen molar-refractivity contribution in [3.8, 4) is 11.8 Å². The van der Waals surface area contributed by atoms with Gasteiger partial charge in [0.15, 0.2) is 5.65 Å². The van der Waals surface area contributed by atoms with Crippen LogP contribution in [0.5, 0.6) is 0 Å². The van der Waals surface area contributed by atoms with E-state index in [1.165, 1.54) is 0 Å². The van der Waals surface area contributed by atoms with Gasteiger partial charge in [-0.15, -0.1) is 11.6 Å². The van der Waals surface area contributed by atoms with E-state index in [0.717, 1.165) is 22.7 Å². The van der Waals surface area contributed by atoms with Gasteiger partial charge in [0.05, 0.1) is 11.3 Å². The fourth-order valence-electron chi connectivity index (χ4n) is 2.23. The summed E-state index contributed by atoms with van der Waals surface area (Å²) in [5.74, 6) is 1.29. The van der Waals surface area contributed by atoms with E-state index in [9.17, 15) is 5.26 Å². The molecule has 0 spiro atoms. The highest BCUT2D eigenvalue weighted by Crippen LogP contribution is 2.22. The summed E-state index contributed by atoms with van der Waals surface area (Å²) in [7, 11) is 0. The number of rotatable bonds is 3. The van der Waals surface area contributed by atoms with Gasteiger partial charge < -0.3 is 0 Å². The lowest BCUT2D eigenvalue weighted by Crippen LogP contribution is -2.04. The molecule has 4 nitrogen and oxygen atoms in total. The van der Waals surface area contributed by atoms with Gasteiger partial charge in [0.1, 0.15) is 17.4 Å². The molecule has 2 aromatic heterocycles. The molecule has 0 radical (unpaired) electrons. The van der Waals surface area contributed by atoms with Gasteiger partial charge >= 0.3 is 0 Å². The molecule has 20 heavy (non-hydrogen) atoms. The van der Waals surface area contributed by atoms with E-state index in [0.29, 0.717) is 17.9 Å². The smallest absolute Gasteiger partial charge is 0.164 e. The molecule has 0 bridgehead atoms. The zero-order valence-corrected chi connectivity index (χ0v) is 11.4. The molecule has 5 heteroatoms. The van der Waals surface area contributed by atoms with Gasteiger partial charge in [0.2, 0.25) is 0 Å². The lowest BCUT2D eigenvalue weighted by atomic mass is 10.2. The van der Waals surface area contributed by atoms with Crippen molar-refractivity contribution in [3.63, 3.8) is 0 Å². The first-order chi connectivity index (χ1) is 9.85. The quantitative estimate of drug-likeness (QED) is 0.694. The van der Waals surface area contributed by atoms with Gasteiger partial charge in [-0.3, -0.25) is 4.57 Å². The Kier molecular flexibility index (Phi) is 3.36. The number of fused-ring (bicyclic) bond motifs is 1. The molecular weight excluding hydrogens is 272 g/mol. The number of hydrogen-bond donors (Lipinski definition) is 0. The molecule has 0 amide bonds. The predicted molar refractivity (Wildman–Crippen MR) is 78.0 cm³/mol. The standard InChI is InChI=1S/C15H11ClN4/c16-8-7-14-19-12-5-3-9-18-15(12)20(14)13-6-2-1-4-11(13)10-17/h1-6,9H,7-8H2. The number of aryl methyl sites for hydroxylation is 1. The van der Waals surface area contributed by atoms with Gasteiger partial charge in [-0.25, -0.2) is 9.97 Å². The molecule has 0 aliphatic rings. The number of hydrogen-bond acceptors (Lipinski definition) is 3. The molecule has 0 aliphatic carbocycles. The molecule has 2 heterocycles. The molecule has 0 N–H and O–H groups in total. The van der Waals surface area contributed by atoms with Crippen LogP contribution in [0.25, 0.3) is 16.9 Å². The summed E-state index contributed by atoms with van der Waals surface area (Å²) in [5, 5.41) is 9.28. The van der Waals surface area contributed by atoms with Crippen molar-refractivity contribution in [1.82, 2.24) is 14.5 Å². The largest absolute Gasteiger partial charge is 0.279 e. The minimum atomic E-state index is 0.470. The Balaban J connectivity index is 2.34. The number of alkyl halides is 1. The lowest BCUT2D eigenvalue weighted by Gasteiger charge is -2.09. The minimum absolute atomic E-state index is 0.470. The van der Waals surface area contributed by atoms with E-state index >= 15 is 0 Å². The summed E-state index contributed by atoms with van der Waals surface area (Å²) >= 11 is 5.86. The number of halogens is 1. The molecule has 98 valence electrons. The third-order valence-electron chi connectivity index (χ3n) is 3.07. The maximum Gasteiger partial charge on any atom is 0.164 e. The molecule has 3 aromatic rings. The van der Waals surface area contributed by atoms with Crippen LogP contribution in [0.1, 0.15) is 11.4 Å². The summed E-state index contributed by atoms with van der Waals surface area (Å²) in [6.07, 6.45) is 2.34. The zero-order chi connectivity index (χ0) is 13.9. The van der Waals surface area contributed by atoms with Crippen molar-refractivity contribution in [2.24, 2.45) is 0 Å². The van der Waals surface area contributed by atoms with Crippen LogP contribution in [0.2, 0.25) is 0 Å². The monoisotopic (exact) mass is 282 g/mol. The second-order valence-corrected chi connectivity index (χ2v) is 4.66. The Morgan fingerprint density at radius 2 is 2.05 bits per heavy atom. The van der Waals surface area contributed by atoms with Crippen LogP contribution in [0, 0.1) is 11.3 Å². The molecule has 0 fully saturated rings. The number of nitrogens with zero attached hydrogens (tertiary/aromatic N) is 4. The Labute approximate surface area is 121 Å². The van der Waals surface area contributed by atoms with Crippen LogP contribution in [0.3, 0.4) is 0 Å². The average Bonchev–Trinajstić information content (AvgIpc) is 2.85. The molecule has 1 aromatic carbocycles. The maximum atomic E-state index is 9.28. The number of benzene rings is 1. The van der Waals surface area contributed by atoms with Crippen molar-refractivity contribution >= 4 is 22.8 Å². The average molecular weight is 283 g/mol. The summed E-state index contributed by atoms with van der Waals surface area (Å²) < 4.78 is 1.91. The Morgan fingerprint density at radius 1 is 1.20 bits per heavy atom. The summed E-state index contributed by atoms with van der Waals surface area (Å²) in [6, 6.07) is 13.4. The van der Waals surface area contributed by atoms with E-state index < -0.39 is 0 Å². The highest BCUT2D eigenvalue weighted by molar-refractivity contribution is 6.17. The second kappa shape index (κ2) is 5.32. The van der Waals surface area contributed by atoms with Crippen LogP contribution in [0.15, 0.2) is 42.6 Å². The Morgan fingerprint density at radius 3 is 2.85 bits per heavy atom. The van der Waals surface area contributed by atoms with Crippen molar-refractivity contribution in [2.75, 3.05) is 5.88 Å². The third kappa shape index (κ3) is 2.02. The molecule has 0 aliphatic heterocycles. The van der Waals surface area contributed by atoms with Crippen molar-refractivity contribution < 1.29 is 0 Å². The zero-order valence-electron chi connectivity index (χ0n) is 10.6. The van der Waals surface area contributed by atoms with Crippen LogP contribution in [0.4, 0.5) is 0 Å². The maximum absolute atomic E-state index is 9.28. The molecular formula is C15H11ClN4. The lowest BCUT2D eigenvalue weighted by molar-refractivity contribution is 0.903. The van der Waals surface area contributed by atoms with Crippen LogP contribution in [-0.4, -0.2) is 20.4 Å². The number of aromatic nitrogens is 3. The van der Waals surface area contributed by atoms with Crippen LogP contribution in [-0.2, 0) is 6.42 Å². The van der Waals surface area contributed by atoms with Crippen molar-refractivity contribution in [1.29, 1.82) is 5.26 Å². The van der Waals surface area contributed by atoms with Crippen LogP contribution < -0.4 is 0 Å². The molecule has 3 rings (SSSR count). The first kappa shape index (κ1) is 12.6. The second-order valence-electron chi connectivity index (χ2n) is 4.28. The molecule has 0 saturated heterocycles. The third-order valence-corrected chi connectivity index (χ3v) is 3.26. The number of imidazole rings is 1. The predicted octanol–water partition coefficient (Wildman–Crippen LogP) is 3.07. The SMILES string of the molecule is N#Cc1ccccc1-n1c(CCCl)nc2cccnc21. The van der Waals surface area contributed by atoms with E-state index in [1.807, 2.05) is 34.9 Å². The molecule has 0 saturated carbocycles. The molecule has 0 unspecified atom stereocenters. The van der Waals surface area contributed by atoms with E-state index in [1.54, 1.807) is 12.3 Å². The molecule has 0 atom stereocenters. The van der Waals surface area contributed by atoms with Crippen LogP contribution >= 0.6 is 11.6 Å². The highest BCUT2D eigenvalue weighted by Gasteiger charge is 2.15. The van der Waals surface area contributed by atoms with Gasteiger partial charge in [-0.05, 0) is 24.3 Å². The van der Waals surface area contributed by atoms with E-state index in [2.05, 4.69) is 16.0 Å². The fourth-order valence-corrected chi connectivity index (χ4v) is 2.40. The van der Waals surface area contributed by atoms with E-state index in [4.69, 9.17) is 11.6 Å². The minimum Gasteiger partial charge on any atom is -0.279 e. The summed E-state index contributed by atoms with van der Waals surface area (Å²) in [4.78, 5) is 8.94. The van der Waals surface area contributed by atoms with Gasteiger partial charge in [0.25, 0.3) is 0 Å². The fraction of sp³-hybridized carbons (Fsp3) is 0.133. The topological polar surface area (TPSA) is 54.5 Å². The first-order valence-electron chi connectivity index (χ1n) is 6.23. The number of nitriles is 1. The van der Waals surface area contributed by atoms with E-state index in [-0.39, 0.29) is 0 Å². The van der Waals surface area contributed by atoms with Crippen molar-refractivity contribution in [3.05, 3.63) is 54.0 Å². The summed E-state index contributed by atoms with van der Waals surface area (Å²) in [6.45, 7) is 0. The number of para-hydroxylation sites is 1. The Bertz CT molecular complexity index is 801. The highest BCUT2D eigenvalue weighted by atomic mass is 35.5. The van der Waals surface area contributed by atoms with Gasteiger partial charge in [0, 0.05) is 18.5 Å². The summed E-state index contributed by atoms with van der Waals surface area (Å²) in [5.41, 5.74) is 2.93. The normalized spacial score (nSPS) is 10.6.